The summed E-state index contributed by atoms with van der Waals surface area (Å²) in [6.07, 6.45) is -0.492. The Bertz CT molecular complexity index is 1220. The molecule has 0 aliphatic carbocycles. The van der Waals surface area contributed by atoms with Crippen molar-refractivity contribution in [3.05, 3.63) is 0 Å². The van der Waals surface area contributed by atoms with Crippen molar-refractivity contribution >= 4 is 0 Å². The zero-order valence-corrected chi connectivity index (χ0v) is 50.5. The average molecular weight is 910 g/mol. The van der Waals surface area contributed by atoms with Crippen LogP contribution in [0.4, 0.5) is 0 Å². The molecule has 0 aliphatic rings. The van der Waals surface area contributed by atoms with Crippen LogP contribution in [-0.4, -0.2) is 134 Å². The van der Waals surface area contributed by atoms with Gasteiger partial charge in [-0.1, -0.05) is 41.5 Å². The molecule has 0 radical (unpaired) electrons. The molecule has 386 valence electrons. The van der Waals surface area contributed by atoms with Crippen LogP contribution >= 0.6 is 0 Å². The first kappa shape index (κ1) is 63.6. The van der Waals surface area contributed by atoms with Crippen LogP contribution in [0.3, 0.4) is 0 Å². The molecule has 1 unspecified atom stereocenters. The van der Waals surface area contributed by atoms with Gasteiger partial charge < -0.3 is 5.11 Å². The molecule has 0 aromatic rings. The Morgan fingerprint density at radius 1 is 0.328 bits per heavy atom. The minimum atomic E-state index is -0.243. The fraction of sp³-hybridized carbons (Fsp3) is 1.00. The van der Waals surface area contributed by atoms with E-state index in [1.807, 2.05) is 0 Å². The van der Waals surface area contributed by atoms with E-state index in [4.69, 9.17) is 0 Å². The van der Waals surface area contributed by atoms with E-state index >= 15 is 0 Å². The van der Waals surface area contributed by atoms with Crippen molar-refractivity contribution in [2.45, 2.75) is 323 Å². The van der Waals surface area contributed by atoms with Crippen LogP contribution in [0.5, 0.6) is 0 Å². The van der Waals surface area contributed by atoms with E-state index in [1.54, 1.807) is 0 Å². The smallest absolute Gasteiger partial charge is 0.123 e. The van der Waals surface area contributed by atoms with Gasteiger partial charge in [0.2, 0.25) is 0 Å². The lowest BCUT2D eigenvalue weighted by Gasteiger charge is -2.64. The molecule has 2 N–H and O–H groups in total. The highest BCUT2D eigenvalue weighted by Gasteiger charge is 2.54. The van der Waals surface area contributed by atoms with Crippen molar-refractivity contribution in [1.29, 1.82) is 0 Å². The first-order valence-corrected chi connectivity index (χ1v) is 25.2. The molecular weight excluding hydrogens is 789 g/mol. The predicted molar refractivity (Wildman–Crippen MR) is 284 cm³/mol. The molecule has 9 heteroatoms. The summed E-state index contributed by atoms with van der Waals surface area (Å²) >= 11 is 0. The summed E-state index contributed by atoms with van der Waals surface area (Å²) in [6, 6.07) is 0. The number of hydrogen-bond acceptors (Lipinski definition) is 9. The molecule has 0 saturated carbocycles. The van der Waals surface area contributed by atoms with Gasteiger partial charge in [0.05, 0.1) is 26.2 Å². The summed E-state index contributed by atoms with van der Waals surface area (Å²) in [5, 5.41) is 16.7. The summed E-state index contributed by atoms with van der Waals surface area (Å²) in [7, 11) is 0. The monoisotopic (exact) mass is 909 g/mol. The van der Waals surface area contributed by atoms with Crippen molar-refractivity contribution < 1.29 is 5.11 Å². The Labute approximate surface area is 403 Å². The number of nitrogens with zero attached hydrogens (tertiary/aromatic N) is 7. The van der Waals surface area contributed by atoms with Gasteiger partial charge in [0.1, 0.15) is 12.6 Å². The van der Waals surface area contributed by atoms with Crippen LogP contribution < -0.4 is 5.32 Å². The molecule has 9 nitrogen and oxygen atoms in total. The van der Waals surface area contributed by atoms with Gasteiger partial charge >= 0.3 is 0 Å². The van der Waals surface area contributed by atoms with Gasteiger partial charge in [-0.15, -0.1) is 0 Å². The molecule has 0 spiro atoms. The highest BCUT2D eigenvalue weighted by atomic mass is 16.3. The number of aliphatic hydroxyl groups excluding tert-OH is 1. The SMILES string of the molecule is CC(C)(C)C(C(N(CO)CN(CNC(N(C(C)(C)C)C(C)(C)C)N(C(C)(C)C)C(C)(C)C)C(N(C(C)(C)C)C(C)(C)C)N(C(C)(C)C)C(C)(C)C)N(C(C)(C)C)C(C)(C)C)C(C)(C)C. The zero-order valence-electron chi connectivity index (χ0n) is 50.5. The van der Waals surface area contributed by atoms with Crippen molar-refractivity contribution in [1.82, 2.24) is 39.6 Å². The van der Waals surface area contributed by atoms with E-state index in [1.165, 1.54) is 0 Å². The summed E-state index contributed by atoms with van der Waals surface area (Å²) in [5.41, 5.74) is -2.34. The molecule has 0 amide bonds. The van der Waals surface area contributed by atoms with Gasteiger partial charge in [-0.05, 0) is 224 Å². The second-order valence-electron chi connectivity index (χ2n) is 31.7. The fourth-order valence-corrected chi connectivity index (χ4v) is 13.0. The molecule has 0 fully saturated rings. The molecule has 0 heterocycles. The van der Waals surface area contributed by atoms with Crippen molar-refractivity contribution in [2.75, 3.05) is 20.1 Å². The third-order valence-corrected chi connectivity index (χ3v) is 12.3. The summed E-state index contributed by atoms with van der Waals surface area (Å²) < 4.78 is 0. The molecule has 0 aromatic heterocycles. The molecule has 0 aliphatic heterocycles. The van der Waals surface area contributed by atoms with Crippen LogP contribution in [0.25, 0.3) is 0 Å². The van der Waals surface area contributed by atoms with Crippen molar-refractivity contribution in [2.24, 2.45) is 16.7 Å². The standard InChI is InChI=1S/C55H120N8O/c1-44(2,3)40(45(4,5)6)41(59(46(7,8)9)47(10,11)12)58(39-64)38-57(43(62(52(25,26)27)53(28,29)30)63(54(31,32)33)55(34,35)36)37-56-42(60(48(13,14)15)49(16,17)18)61(50(19,20)21)51(22,23)24/h40-43,56,64H,37-39H2,1-36H3. The third kappa shape index (κ3) is 17.2. The lowest BCUT2D eigenvalue weighted by molar-refractivity contribution is -0.230. The number of nitrogens with one attached hydrogen (secondary N) is 1. The lowest BCUT2D eigenvalue weighted by Crippen LogP contribution is -2.78. The predicted octanol–water partition coefficient (Wildman–Crippen LogP) is 13.1. The topological polar surface area (TPSA) is 54.9 Å². The van der Waals surface area contributed by atoms with Crippen LogP contribution in [-0.2, 0) is 0 Å². The number of aliphatic hydroxyl groups is 1. The number of rotatable bonds is 14. The van der Waals surface area contributed by atoms with Gasteiger partial charge in [0.25, 0.3) is 0 Å². The van der Waals surface area contributed by atoms with Crippen molar-refractivity contribution in [3.8, 4) is 0 Å². The lowest BCUT2D eigenvalue weighted by atomic mass is 9.63. The van der Waals surface area contributed by atoms with Crippen LogP contribution in [0, 0.1) is 16.7 Å². The molecule has 0 bridgehead atoms. The van der Waals surface area contributed by atoms with Gasteiger partial charge in [-0.25, -0.2) is 4.90 Å². The summed E-state index contributed by atoms with van der Waals surface area (Å²) in [5.74, 6) is 0.170. The highest BCUT2D eigenvalue weighted by molar-refractivity contribution is 5.04. The minimum Gasteiger partial charge on any atom is -0.381 e. The highest BCUT2D eigenvalue weighted by Crippen LogP contribution is 2.48. The van der Waals surface area contributed by atoms with E-state index in [0.29, 0.717) is 13.3 Å². The second-order valence-corrected chi connectivity index (χ2v) is 31.7. The van der Waals surface area contributed by atoms with Gasteiger partial charge in [-0.2, -0.15) is 0 Å². The Balaban J connectivity index is 9.48. The van der Waals surface area contributed by atoms with Crippen LogP contribution in [0.1, 0.15) is 249 Å². The van der Waals surface area contributed by atoms with Gasteiger partial charge in [-0.3, -0.25) is 34.7 Å². The Morgan fingerprint density at radius 2 is 0.562 bits per heavy atom. The molecule has 0 aromatic carbocycles. The molecular formula is C55H120N8O. The molecule has 0 rings (SSSR count). The Hall–Kier alpha value is -0.360. The summed E-state index contributed by atoms with van der Waals surface area (Å²) in [4.78, 5) is 18.8. The van der Waals surface area contributed by atoms with E-state index in [0.717, 1.165) is 0 Å². The first-order valence-electron chi connectivity index (χ1n) is 25.2. The normalized spacial score (nSPS) is 16.5. The molecule has 64 heavy (non-hydrogen) atoms. The number of hydrogen-bond donors (Lipinski definition) is 2. The quantitative estimate of drug-likeness (QED) is 0.166. The fourth-order valence-electron chi connectivity index (χ4n) is 13.0. The Kier molecular flexibility index (Phi) is 20.1. The summed E-state index contributed by atoms with van der Waals surface area (Å²) in [6.45, 7) is 86.5. The van der Waals surface area contributed by atoms with E-state index in [-0.39, 0.29) is 97.6 Å². The second kappa shape index (κ2) is 20.2. The van der Waals surface area contributed by atoms with Crippen LogP contribution in [0.2, 0.25) is 0 Å². The van der Waals surface area contributed by atoms with E-state index in [2.05, 4.69) is 289 Å². The van der Waals surface area contributed by atoms with Gasteiger partial charge in [0.15, 0.2) is 0 Å². The van der Waals surface area contributed by atoms with E-state index < -0.39 is 0 Å². The molecule has 0 saturated heterocycles. The first-order chi connectivity index (χ1) is 27.4. The van der Waals surface area contributed by atoms with Gasteiger partial charge in [0, 0.05) is 55.4 Å². The van der Waals surface area contributed by atoms with Crippen molar-refractivity contribution in [3.63, 3.8) is 0 Å². The molecule has 1 atom stereocenters. The Morgan fingerprint density at radius 3 is 0.750 bits per heavy atom. The maximum atomic E-state index is 12.3. The average Bonchev–Trinajstić information content (AvgIpc) is 2.87. The zero-order chi connectivity index (χ0) is 52.2. The minimum absolute atomic E-state index is 0.0923. The third-order valence-electron chi connectivity index (χ3n) is 12.3. The maximum absolute atomic E-state index is 12.3. The van der Waals surface area contributed by atoms with E-state index in [9.17, 15) is 5.11 Å². The maximum Gasteiger partial charge on any atom is 0.123 e. The largest absolute Gasteiger partial charge is 0.381 e. The van der Waals surface area contributed by atoms with Crippen LogP contribution in [0.15, 0.2) is 0 Å².